The van der Waals surface area contributed by atoms with Crippen LogP contribution in [0.4, 0.5) is 17.6 Å². The van der Waals surface area contributed by atoms with Crippen molar-refractivity contribution in [1.29, 1.82) is 0 Å². The van der Waals surface area contributed by atoms with Gasteiger partial charge < -0.3 is 5.11 Å². The van der Waals surface area contributed by atoms with Crippen LogP contribution in [0.1, 0.15) is 11.3 Å². The largest absolute Gasteiger partial charge is 0.417 e. The summed E-state index contributed by atoms with van der Waals surface area (Å²) in [5.74, 6) is -0.954. The third kappa shape index (κ3) is 2.51. The molecule has 0 amide bonds. The number of alkyl halides is 3. The first-order valence-electron chi connectivity index (χ1n) is 4.84. The number of rotatable bonds is 2. The molecular weight excluding hydrogens is 270 g/mol. The number of hydrogen-bond acceptors (Lipinski definition) is 3. The lowest BCUT2D eigenvalue weighted by molar-refractivity contribution is -0.137. The molecule has 0 radical (unpaired) electrons. The minimum absolute atomic E-state index is 0.103. The number of aliphatic hydroxyl groups excluding tert-OH is 1. The van der Waals surface area contributed by atoms with Gasteiger partial charge in [-0.2, -0.15) is 13.2 Å². The molecule has 0 saturated carbocycles. The number of hydrogen-bond donors (Lipinski definition) is 1. The predicted octanol–water partition coefficient (Wildman–Crippen LogP) is 3.46. The molecule has 1 aromatic carbocycles. The highest BCUT2D eigenvalue weighted by molar-refractivity contribution is 7.13. The van der Waals surface area contributed by atoms with Crippen LogP contribution in [-0.2, 0) is 12.8 Å². The van der Waals surface area contributed by atoms with E-state index in [4.69, 9.17) is 5.11 Å². The predicted molar refractivity (Wildman–Crippen MR) is 58.4 cm³/mol. The summed E-state index contributed by atoms with van der Waals surface area (Å²) in [6.45, 7) is -0.348. The summed E-state index contributed by atoms with van der Waals surface area (Å²) in [5.41, 5.74) is -0.970. The van der Waals surface area contributed by atoms with Crippen LogP contribution in [0.3, 0.4) is 0 Å². The first kappa shape index (κ1) is 13.0. The molecule has 0 atom stereocenters. The molecule has 2 nitrogen and oxygen atoms in total. The Bertz CT molecular complexity index is 564. The maximum atomic E-state index is 12.9. The van der Waals surface area contributed by atoms with E-state index in [1.54, 1.807) is 0 Å². The average Bonchev–Trinajstić information content (AvgIpc) is 2.76. The Morgan fingerprint density at radius 3 is 2.56 bits per heavy atom. The SMILES string of the molecule is OCc1csc(-c2ccc(F)cc2C(F)(F)F)n1. The van der Waals surface area contributed by atoms with Gasteiger partial charge in [-0.05, 0) is 18.2 Å². The molecule has 0 spiro atoms. The minimum atomic E-state index is -4.65. The Labute approximate surface area is 104 Å². The first-order chi connectivity index (χ1) is 8.41. The van der Waals surface area contributed by atoms with E-state index < -0.39 is 17.6 Å². The lowest BCUT2D eigenvalue weighted by Crippen LogP contribution is -2.07. The van der Waals surface area contributed by atoms with Crippen LogP contribution in [-0.4, -0.2) is 10.1 Å². The van der Waals surface area contributed by atoms with E-state index in [1.165, 1.54) is 5.38 Å². The maximum Gasteiger partial charge on any atom is 0.417 e. The second-order valence-corrected chi connectivity index (χ2v) is 4.35. The average molecular weight is 277 g/mol. The summed E-state index contributed by atoms with van der Waals surface area (Å²) in [6, 6.07) is 2.43. The van der Waals surface area contributed by atoms with E-state index >= 15 is 0 Å². The van der Waals surface area contributed by atoms with Gasteiger partial charge in [-0.25, -0.2) is 9.37 Å². The quantitative estimate of drug-likeness (QED) is 0.853. The van der Waals surface area contributed by atoms with Crippen molar-refractivity contribution in [2.24, 2.45) is 0 Å². The molecule has 0 bridgehead atoms. The molecule has 1 heterocycles. The van der Waals surface area contributed by atoms with E-state index in [-0.39, 0.29) is 22.9 Å². The van der Waals surface area contributed by atoms with Gasteiger partial charge in [0.25, 0.3) is 0 Å². The molecule has 2 rings (SSSR count). The zero-order valence-corrected chi connectivity index (χ0v) is 9.65. The van der Waals surface area contributed by atoms with Gasteiger partial charge in [-0.15, -0.1) is 11.3 Å². The minimum Gasteiger partial charge on any atom is -0.390 e. The van der Waals surface area contributed by atoms with Crippen LogP contribution in [0.5, 0.6) is 0 Å². The van der Waals surface area contributed by atoms with Crippen molar-refractivity contribution in [1.82, 2.24) is 4.98 Å². The Hall–Kier alpha value is -1.47. The van der Waals surface area contributed by atoms with Crippen LogP contribution < -0.4 is 0 Å². The Morgan fingerprint density at radius 1 is 1.28 bits per heavy atom. The van der Waals surface area contributed by atoms with Crippen molar-refractivity contribution in [3.8, 4) is 10.6 Å². The summed E-state index contributed by atoms with van der Waals surface area (Å²) in [7, 11) is 0. The normalized spacial score (nSPS) is 11.8. The molecule has 18 heavy (non-hydrogen) atoms. The fourth-order valence-corrected chi connectivity index (χ4v) is 2.29. The molecule has 7 heteroatoms. The summed E-state index contributed by atoms with van der Waals surface area (Å²) >= 11 is 0.970. The standard InChI is InChI=1S/C11H7F4NOS/c12-6-1-2-8(9(3-6)11(13,14)15)10-16-7(4-17)5-18-10/h1-3,5,17H,4H2. The first-order valence-corrected chi connectivity index (χ1v) is 5.72. The third-order valence-corrected chi connectivity index (χ3v) is 3.16. The highest BCUT2D eigenvalue weighted by atomic mass is 32.1. The van der Waals surface area contributed by atoms with Crippen molar-refractivity contribution in [2.45, 2.75) is 12.8 Å². The molecule has 1 N–H and O–H groups in total. The van der Waals surface area contributed by atoms with Crippen molar-refractivity contribution >= 4 is 11.3 Å². The van der Waals surface area contributed by atoms with Gasteiger partial charge in [0.2, 0.25) is 0 Å². The lowest BCUT2D eigenvalue weighted by atomic mass is 10.1. The van der Waals surface area contributed by atoms with Crippen LogP contribution in [0.25, 0.3) is 10.6 Å². The fraction of sp³-hybridized carbons (Fsp3) is 0.182. The molecule has 0 aliphatic carbocycles. The summed E-state index contributed by atoms with van der Waals surface area (Å²) in [6.07, 6.45) is -4.65. The van der Waals surface area contributed by atoms with Crippen LogP contribution >= 0.6 is 11.3 Å². The van der Waals surface area contributed by atoms with E-state index in [0.29, 0.717) is 6.07 Å². The molecule has 0 aliphatic rings. The van der Waals surface area contributed by atoms with Crippen molar-refractivity contribution in [3.63, 3.8) is 0 Å². The fourth-order valence-electron chi connectivity index (χ4n) is 1.44. The molecule has 2 aromatic rings. The Kier molecular flexibility index (Phi) is 3.36. The van der Waals surface area contributed by atoms with Gasteiger partial charge >= 0.3 is 6.18 Å². The molecule has 96 valence electrons. The summed E-state index contributed by atoms with van der Waals surface area (Å²) in [4.78, 5) is 3.85. The van der Waals surface area contributed by atoms with Crippen LogP contribution in [0.2, 0.25) is 0 Å². The smallest absolute Gasteiger partial charge is 0.390 e. The third-order valence-electron chi connectivity index (χ3n) is 2.23. The highest BCUT2D eigenvalue weighted by Gasteiger charge is 2.34. The second-order valence-electron chi connectivity index (χ2n) is 3.49. The van der Waals surface area contributed by atoms with Crippen molar-refractivity contribution in [2.75, 3.05) is 0 Å². The van der Waals surface area contributed by atoms with Gasteiger partial charge in [0.15, 0.2) is 0 Å². The molecule has 0 unspecified atom stereocenters. The van der Waals surface area contributed by atoms with Gasteiger partial charge in [0.05, 0.1) is 17.9 Å². The van der Waals surface area contributed by atoms with E-state index in [9.17, 15) is 17.6 Å². The number of halogens is 4. The van der Waals surface area contributed by atoms with E-state index in [0.717, 1.165) is 23.5 Å². The van der Waals surface area contributed by atoms with Gasteiger partial charge in [-0.3, -0.25) is 0 Å². The van der Waals surface area contributed by atoms with Gasteiger partial charge in [0.1, 0.15) is 10.8 Å². The summed E-state index contributed by atoms with van der Waals surface area (Å²) < 4.78 is 51.2. The monoisotopic (exact) mass is 277 g/mol. The van der Waals surface area contributed by atoms with Gasteiger partial charge in [0, 0.05) is 10.9 Å². The molecule has 1 aromatic heterocycles. The second kappa shape index (κ2) is 4.66. The number of aromatic nitrogens is 1. The number of aliphatic hydroxyl groups is 1. The zero-order chi connectivity index (χ0) is 13.3. The Balaban J connectivity index is 2.56. The Morgan fingerprint density at radius 2 is 2.00 bits per heavy atom. The molecule has 0 saturated heterocycles. The van der Waals surface area contributed by atoms with E-state index in [2.05, 4.69) is 4.98 Å². The van der Waals surface area contributed by atoms with Gasteiger partial charge in [-0.1, -0.05) is 0 Å². The van der Waals surface area contributed by atoms with E-state index in [1.807, 2.05) is 0 Å². The highest BCUT2D eigenvalue weighted by Crippen LogP contribution is 2.38. The molecular formula is C11H7F4NOS. The topological polar surface area (TPSA) is 33.1 Å². The van der Waals surface area contributed by atoms with Crippen LogP contribution in [0, 0.1) is 5.82 Å². The molecule has 0 fully saturated rings. The number of nitrogens with zero attached hydrogens (tertiary/aromatic N) is 1. The van der Waals surface area contributed by atoms with Crippen molar-refractivity contribution in [3.05, 3.63) is 40.7 Å². The maximum absolute atomic E-state index is 12.9. The summed E-state index contributed by atoms with van der Waals surface area (Å²) in [5, 5.41) is 10.4. The molecule has 0 aliphatic heterocycles. The van der Waals surface area contributed by atoms with Crippen LogP contribution in [0.15, 0.2) is 23.6 Å². The number of benzene rings is 1. The number of thiazole rings is 1. The lowest BCUT2D eigenvalue weighted by Gasteiger charge is -2.10. The van der Waals surface area contributed by atoms with Crippen molar-refractivity contribution < 1.29 is 22.7 Å². The zero-order valence-electron chi connectivity index (χ0n) is 8.83.